The molecule has 6 atom stereocenters. The van der Waals surface area contributed by atoms with Gasteiger partial charge in [-0.05, 0) is 25.2 Å². The van der Waals surface area contributed by atoms with E-state index in [4.69, 9.17) is 14.2 Å². The largest absolute Gasteiger partial charge is 0.458 e. The second-order valence-electron chi connectivity index (χ2n) is 7.95. The van der Waals surface area contributed by atoms with Crippen LogP contribution in [0.25, 0.3) is 0 Å². The second kappa shape index (κ2) is 7.20. The molecule has 2 heterocycles. The first-order valence-electron chi connectivity index (χ1n) is 9.45. The minimum absolute atomic E-state index is 0.145. The van der Waals surface area contributed by atoms with E-state index in [0.29, 0.717) is 19.6 Å². The first-order valence-corrected chi connectivity index (χ1v) is 9.45. The number of esters is 3. The summed E-state index contributed by atoms with van der Waals surface area (Å²) in [4.78, 5) is 36.8. The van der Waals surface area contributed by atoms with E-state index >= 15 is 0 Å². The number of carbonyl (C=O) groups excluding carboxylic acids is 3. The van der Waals surface area contributed by atoms with Gasteiger partial charge in [-0.1, -0.05) is 0 Å². The second-order valence-corrected chi connectivity index (χ2v) is 7.95. The topological polar surface area (TPSA) is 88.1 Å². The standard InChI is InChI=1S/C18H21F3O7/c19-18(20,21)7-26-16(23)12-9-6-10-13(12)17(24)28-15(10)14(9)27-11(22)5-8-1-3-25-4-2-8/h8-10,12-15H,1-7H2. The molecular weight excluding hydrogens is 385 g/mol. The molecule has 28 heavy (non-hydrogen) atoms. The molecule has 0 aromatic rings. The monoisotopic (exact) mass is 406 g/mol. The Morgan fingerprint density at radius 3 is 2.54 bits per heavy atom. The maximum Gasteiger partial charge on any atom is 0.422 e. The van der Waals surface area contributed by atoms with E-state index in [1.165, 1.54) is 0 Å². The summed E-state index contributed by atoms with van der Waals surface area (Å²) in [6.07, 6.45) is -4.01. The number of alkyl halides is 3. The van der Waals surface area contributed by atoms with Crippen LogP contribution in [0.2, 0.25) is 0 Å². The normalized spacial score (nSPS) is 37.0. The SMILES string of the molecule is O=C(CC1CCOCC1)OC1C2CC3C1OC(=O)C3C2C(=O)OCC(F)(F)F. The molecule has 2 aliphatic heterocycles. The van der Waals surface area contributed by atoms with Gasteiger partial charge in [0.15, 0.2) is 6.61 Å². The van der Waals surface area contributed by atoms with Crippen LogP contribution in [0.15, 0.2) is 0 Å². The summed E-state index contributed by atoms with van der Waals surface area (Å²) in [6.45, 7) is -0.540. The minimum atomic E-state index is -4.65. The zero-order valence-electron chi connectivity index (χ0n) is 15.0. The van der Waals surface area contributed by atoms with Gasteiger partial charge in [-0.25, -0.2) is 0 Å². The van der Waals surface area contributed by atoms with Crippen molar-refractivity contribution in [2.75, 3.05) is 19.8 Å². The van der Waals surface area contributed by atoms with Gasteiger partial charge < -0.3 is 18.9 Å². The Morgan fingerprint density at radius 2 is 1.86 bits per heavy atom. The van der Waals surface area contributed by atoms with Crippen LogP contribution in [0.5, 0.6) is 0 Å². The fourth-order valence-corrected chi connectivity index (χ4v) is 5.10. The van der Waals surface area contributed by atoms with Gasteiger partial charge in [0.2, 0.25) is 0 Å². The molecule has 0 spiro atoms. The first-order chi connectivity index (χ1) is 13.2. The molecule has 4 fully saturated rings. The van der Waals surface area contributed by atoms with E-state index in [1.54, 1.807) is 0 Å². The molecule has 7 nitrogen and oxygen atoms in total. The molecule has 2 bridgehead atoms. The Balaban J connectivity index is 1.42. The maximum atomic E-state index is 12.4. The summed E-state index contributed by atoms with van der Waals surface area (Å²) in [5, 5.41) is 0. The summed E-state index contributed by atoms with van der Waals surface area (Å²) in [6, 6.07) is 0. The van der Waals surface area contributed by atoms with E-state index in [-0.39, 0.29) is 18.3 Å². The molecule has 0 N–H and O–H groups in total. The van der Waals surface area contributed by atoms with E-state index in [1.807, 2.05) is 0 Å². The molecule has 6 unspecified atom stereocenters. The van der Waals surface area contributed by atoms with Crippen LogP contribution < -0.4 is 0 Å². The molecule has 0 aromatic carbocycles. The fourth-order valence-electron chi connectivity index (χ4n) is 5.10. The van der Waals surface area contributed by atoms with E-state index in [2.05, 4.69) is 4.74 Å². The van der Waals surface area contributed by atoms with Crippen LogP contribution in [-0.4, -0.2) is 56.1 Å². The van der Waals surface area contributed by atoms with Gasteiger partial charge in [-0.15, -0.1) is 0 Å². The highest BCUT2D eigenvalue weighted by atomic mass is 19.4. The first kappa shape index (κ1) is 19.5. The minimum Gasteiger partial charge on any atom is -0.458 e. The van der Waals surface area contributed by atoms with Gasteiger partial charge in [0.05, 0.1) is 11.8 Å². The lowest BCUT2D eigenvalue weighted by molar-refractivity contribution is -0.193. The Kier molecular flexibility index (Phi) is 5.01. The van der Waals surface area contributed by atoms with Crippen LogP contribution in [0, 0.1) is 29.6 Å². The van der Waals surface area contributed by atoms with Gasteiger partial charge in [0.25, 0.3) is 0 Å². The molecule has 10 heteroatoms. The summed E-state index contributed by atoms with van der Waals surface area (Å²) >= 11 is 0. The molecular formula is C18H21F3O7. The predicted octanol–water partition coefficient (Wildman–Crippen LogP) is 1.63. The van der Waals surface area contributed by atoms with Crippen molar-refractivity contribution in [2.45, 2.75) is 44.1 Å². The van der Waals surface area contributed by atoms with Crippen molar-refractivity contribution in [1.82, 2.24) is 0 Å². The highest BCUT2D eigenvalue weighted by Gasteiger charge is 2.70. The van der Waals surface area contributed by atoms with Crippen molar-refractivity contribution in [3.8, 4) is 0 Å². The average molecular weight is 406 g/mol. The molecule has 0 aromatic heterocycles. The number of carbonyl (C=O) groups is 3. The number of hydrogen-bond donors (Lipinski definition) is 0. The number of fused-ring (bicyclic) bond motifs is 1. The Labute approximate surface area is 158 Å². The highest BCUT2D eigenvalue weighted by molar-refractivity contribution is 5.86. The summed E-state index contributed by atoms with van der Waals surface area (Å²) in [5.74, 6) is -4.81. The lowest BCUT2D eigenvalue weighted by atomic mass is 9.78. The zero-order valence-corrected chi connectivity index (χ0v) is 15.0. The number of ether oxygens (including phenoxy) is 4. The third-order valence-corrected chi connectivity index (χ3v) is 6.26. The van der Waals surface area contributed by atoms with Crippen LogP contribution in [0.1, 0.15) is 25.7 Å². The van der Waals surface area contributed by atoms with Gasteiger partial charge in [-0.3, -0.25) is 14.4 Å². The third-order valence-electron chi connectivity index (χ3n) is 6.26. The van der Waals surface area contributed by atoms with E-state index < -0.39 is 60.7 Å². The predicted molar refractivity (Wildman–Crippen MR) is 83.5 cm³/mol. The Bertz CT molecular complexity index is 658. The van der Waals surface area contributed by atoms with E-state index in [0.717, 1.165) is 12.8 Å². The van der Waals surface area contributed by atoms with Crippen LogP contribution in [0.3, 0.4) is 0 Å². The van der Waals surface area contributed by atoms with Gasteiger partial charge >= 0.3 is 24.1 Å². The van der Waals surface area contributed by atoms with Crippen molar-refractivity contribution in [3.63, 3.8) is 0 Å². The summed E-state index contributed by atoms with van der Waals surface area (Å²) < 4.78 is 57.6. The number of rotatable bonds is 5. The van der Waals surface area contributed by atoms with Crippen molar-refractivity contribution >= 4 is 17.9 Å². The lowest BCUT2D eigenvalue weighted by Gasteiger charge is -2.31. The molecule has 156 valence electrons. The molecule has 2 aliphatic carbocycles. The molecule has 4 aliphatic rings. The van der Waals surface area contributed by atoms with Gasteiger partial charge in [-0.2, -0.15) is 13.2 Å². The lowest BCUT2D eigenvalue weighted by Crippen LogP contribution is -2.44. The zero-order chi connectivity index (χ0) is 20.1. The highest BCUT2D eigenvalue weighted by Crippen LogP contribution is 2.59. The number of halogens is 3. The molecule has 2 saturated heterocycles. The third kappa shape index (κ3) is 3.58. The Hall–Kier alpha value is -1.84. The fraction of sp³-hybridized carbons (Fsp3) is 0.833. The van der Waals surface area contributed by atoms with Crippen molar-refractivity contribution in [2.24, 2.45) is 29.6 Å². The molecule has 4 rings (SSSR count). The maximum absolute atomic E-state index is 12.4. The van der Waals surface area contributed by atoms with Crippen molar-refractivity contribution in [3.05, 3.63) is 0 Å². The van der Waals surface area contributed by atoms with Crippen LogP contribution >= 0.6 is 0 Å². The Morgan fingerprint density at radius 1 is 1.14 bits per heavy atom. The molecule has 2 saturated carbocycles. The molecule has 0 amide bonds. The van der Waals surface area contributed by atoms with Crippen LogP contribution in [0.4, 0.5) is 13.2 Å². The van der Waals surface area contributed by atoms with Crippen LogP contribution in [-0.2, 0) is 33.3 Å². The van der Waals surface area contributed by atoms with Gasteiger partial charge in [0.1, 0.15) is 12.2 Å². The van der Waals surface area contributed by atoms with Crippen molar-refractivity contribution < 1.29 is 46.5 Å². The number of hydrogen-bond acceptors (Lipinski definition) is 7. The summed E-state index contributed by atoms with van der Waals surface area (Å²) in [5.41, 5.74) is 0. The average Bonchev–Trinajstić information content (AvgIpc) is 3.23. The summed E-state index contributed by atoms with van der Waals surface area (Å²) in [7, 11) is 0. The smallest absolute Gasteiger partial charge is 0.422 e. The quantitative estimate of drug-likeness (QED) is 0.507. The van der Waals surface area contributed by atoms with Gasteiger partial charge in [0, 0.05) is 31.5 Å². The van der Waals surface area contributed by atoms with E-state index in [9.17, 15) is 27.6 Å². The molecule has 0 radical (unpaired) electrons. The van der Waals surface area contributed by atoms with Crippen molar-refractivity contribution in [1.29, 1.82) is 0 Å².